The molecule has 1 aromatic carbocycles. The predicted octanol–water partition coefficient (Wildman–Crippen LogP) is 3.69. The molecule has 0 atom stereocenters. The number of hydrogen-bond donors (Lipinski definition) is 2. The van der Waals surface area contributed by atoms with Crippen LogP contribution in [-0.4, -0.2) is 18.9 Å². The molecule has 0 unspecified atom stereocenters. The molecule has 0 spiro atoms. The summed E-state index contributed by atoms with van der Waals surface area (Å²) < 4.78 is 0. The number of benzene rings is 1. The van der Waals surface area contributed by atoms with Crippen molar-refractivity contribution in [3.05, 3.63) is 29.3 Å². The van der Waals surface area contributed by atoms with Gasteiger partial charge in [-0.05, 0) is 48.9 Å². The second-order valence-electron chi connectivity index (χ2n) is 6.11. The van der Waals surface area contributed by atoms with Crippen molar-refractivity contribution in [2.24, 2.45) is 11.1 Å². The third kappa shape index (κ3) is 2.82. The van der Waals surface area contributed by atoms with Gasteiger partial charge in [0.05, 0.1) is 0 Å². The number of anilines is 1. The minimum absolute atomic E-state index is 0.156. The molecule has 1 heterocycles. The Labute approximate surface area is 122 Å². The van der Waals surface area contributed by atoms with E-state index >= 15 is 0 Å². The van der Waals surface area contributed by atoms with Crippen molar-refractivity contribution in [3.63, 3.8) is 0 Å². The van der Waals surface area contributed by atoms with E-state index in [2.05, 4.69) is 30.9 Å². The number of nitrogens with two attached hydrogens (primary N) is 1. The fourth-order valence-electron chi connectivity index (χ4n) is 3.34. The van der Waals surface area contributed by atoms with Crippen LogP contribution in [-0.2, 0) is 0 Å². The molecule has 0 radical (unpaired) electrons. The van der Waals surface area contributed by atoms with Gasteiger partial charge in [-0.15, -0.1) is 0 Å². The van der Waals surface area contributed by atoms with E-state index in [4.69, 9.17) is 11.1 Å². The van der Waals surface area contributed by atoms with Crippen molar-refractivity contribution < 1.29 is 0 Å². The topological polar surface area (TPSA) is 53.1 Å². The number of aryl methyl sites for hydroxylation is 1. The zero-order valence-corrected chi connectivity index (χ0v) is 13.0. The van der Waals surface area contributed by atoms with Crippen LogP contribution in [0.1, 0.15) is 50.7 Å². The Balaban J connectivity index is 2.11. The molecular formula is C17H27N3. The van der Waals surface area contributed by atoms with E-state index in [9.17, 15) is 0 Å². The molecule has 3 heteroatoms. The van der Waals surface area contributed by atoms with Crippen molar-refractivity contribution in [1.29, 1.82) is 5.41 Å². The monoisotopic (exact) mass is 273 g/mol. The quantitative estimate of drug-likeness (QED) is 0.649. The van der Waals surface area contributed by atoms with Gasteiger partial charge in [0, 0.05) is 24.3 Å². The van der Waals surface area contributed by atoms with Crippen molar-refractivity contribution in [3.8, 4) is 0 Å². The molecule has 3 N–H and O–H groups in total. The van der Waals surface area contributed by atoms with Crippen molar-refractivity contribution in [1.82, 2.24) is 0 Å². The first-order valence-corrected chi connectivity index (χ1v) is 7.71. The Bertz CT molecular complexity index is 479. The summed E-state index contributed by atoms with van der Waals surface area (Å²) in [6.07, 6.45) is 5.15. The lowest BCUT2D eigenvalue weighted by atomic mass is 9.74. The second-order valence-corrected chi connectivity index (χ2v) is 6.11. The van der Waals surface area contributed by atoms with E-state index in [1.165, 1.54) is 31.4 Å². The molecule has 0 aromatic heterocycles. The van der Waals surface area contributed by atoms with Gasteiger partial charge in [-0.2, -0.15) is 0 Å². The fourth-order valence-corrected chi connectivity index (χ4v) is 3.34. The summed E-state index contributed by atoms with van der Waals surface area (Å²) in [7, 11) is 0. The molecule has 0 bridgehead atoms. The van der Waals surface area contributed by atoms with Crippen LogP contribution in [0.2, 0.25) is 0 Å². The SMILES string of the molecule is CCC1(CC)CCN(c2ccc(C(=N)N)c(C)c2)CC1. The highest BCUT2D eigenvalue weighted by atomic mass is 15.1. The molecule has 20 heavy (non-hydrogen) atoms. The maximum atomic E-state index is 7.56. The molecule has 0 saturated carbocycles. The first-order chi connectivity index (χ1) is 9.51. The number of rotatable bonds is 4. The Morgan fingerprint density at radius 3 is 2.30 bits per heavy atom. The summed E-state index contributed by atoms with van der Waals surface area (Å²) in [5, 5.41) is 7.56. The standard InChI is InChI=1S/C17H27N3/c1-4-17(5-2)8-10-20(11-9-17)14-6-7-15(16(18)19)13(3)12-14/h6-7,12H,4-5,8-11H2,1-3H3,(H3,18,19). The lowest BCUT2D eigenvalue weighted by molar-refractivity contribution is 0.199. The van der Waals surface area contributed by atoms with Crippen LogP contribution < -0.4 is 10.6 Å². The van der Waals surface area contributed by atoms with Crippen LogP contribution >= 0.6 is 0 Å². The van der Waals surface area contributed by atoms with Crippen molar-refractivity contribution in [2.75, 3.05) is 18.0 Å². The normalized spacial score (nSPS) is 18.1. The van der Waals surface area contributed by atoms with Crippen LogP contribution in [0.15, 0.2) is 18.2 Å². The summed E-state index contributed by atoms with van der Waals surface area (Å²) >= 11 is 0. The average Bonchev–Trinajstić information content (AvgIpc) is 2.47. The molecule has 1 fully saturated rings. The van der Waals surface area contributed by atoms with Gasteiger partial charge in [-0.1, -0.05) is 26.7 Å². The summed E-state index contributed by atoms with van der Waals surface area (Å²) in [4.78, 5) is 2.47. The lowest BCUT2D eigenvalue weighted by Gasteiger charge is -2.42. The number of nitrogens with one attached hydrogen (secondary N) is 1. The first kappa shape index (κ1) is 14.9. The maximum Gasteiger partial charge on any atom is 0.123 e. The van der Waals surface area contributed by atoms with Crippen LogP contribution in [0, 0.1) is 17.7 Å². The van der Waals surface area contributed by atoms with Gasteiger partial charge in [0.15, 0.2) is 0 Å². The molecule has 2 rings (SSSR count). The van der Waals surface area contributed by atoms with Crippen molar-refractivity contribution in [2.45, 2.75) is 46.5 Å². The number of hydrogen-bond acceptors (Lipinski definition) is 2. The van der Waals surface area contributed by atoms with E-state index in [1.807, 2.05) is 13.0 Å². The summed E-state index contributed by atoms with van der Waals surface area (Å²) in [6.45, 7) is 8.96. The highest BCUT2D eigenvalue weighted by molar-refractivity contribution is 5.96. The highest BCUT2D eigenvalue weighted by Crippen LogP contribution is 2.39. The van der Waals surface area contributed by atoms with Gasteiger partial charge in [-0.3, -0.25) is 5.41 Å². The largest absolute Gasteiger partial charge is 0.384 e. The van der Waals surface area contributed by atoms with Gasteiger partial charge >= 0.3 is 0 Å². The van der Waals surface area contributed by atoms with Crippen LogP contribution in [0.5, 0.6) is 0 Å². The third-order valence-electron chi connectivity index (χ3n) is 5.19. The van der Waals surface area contributed by atoms with E-state index in [0.717, 1.165) is 24.2 Å². The molecule has 3 nitrogen and oxygen atoms in total. The smallest absolute Gasteiger partial charge is 0.123 e. The predicted molar refractivity (Wildman–Crippen MR) is 86.7 cm³/mol. The fraction of sp³-hybridized carbons (Fsp3) is 0.588. The molecule has 1 aliphatic heterocycles. The first-order valence-electron chi connectivity index (χ1n) is 7.71. The number of piperidine rings is 1. The molecule has 110 valence electrons. The van der Waals surface area contributed by atoms with Gasteiger partial charge in [-0.25, -0.2) is 0 Å². The van der Waals surface area contributed by atoms with Gasteiger partial charge < -0.3 is 10.6 Å². The number of amidine groups is 1. The summed E-state index contributed by atoms with van der Waals surface area (Å²) in [5.74, 6) is 0.156. The summed E-state index contributed by atoms with van der Waals surface area (Å²) in [5.41, 5.74) is 9.36. The van der Waals surface area contributed by atoms with Gasteiger partial charge in [0.2, 0.25) is 0 Å². The Morgan fingerprint density at radius 2 is 1.85 bits per heavy atom. The Kier molecular flexibility index (Phi) is 4.36. The molecule has 1 saturated heterocycles. The van der Waals surface area contributed by atoms with E-state index in [1.54, 1.807) is 0 Å². The third-order valence-corrected chi connectivity index (χ3v) is 5.19. The molecule has 1 aliphatic rings. The Hall–Kier alpha value is -1.51. The number of nitrogen functional groups attached to an aromatic ring is 1. The molecule has 0 aliphatic carbocycles. The van der Waals surface area contributed by atoms with Crippen LogP contribution in [0.3, 0.4) is 0 Å². The van der Waals surface area contributed by atoms with Crippen LogP contribution in [0.4, 0.5) is 5.69 Å². The zero-order valence-electron chi connectivity index (χ0n) is 13.0. The van der Waals surface area contributed by atoms with E-state index < -0.39 is 0 Å². The zero-order chi connectivity index (χ0) is 14.8. The minimum Gasteiger partial charge on any atom is -0.384 e. The van der Waals surface area contributed by atoms with E-state index in [0.29, 0.717) is 5.41 Å². The number of nitrogens with zero attached hydrogens (tertiary/aromatic N) is 1. The van der Waals surface area contributed by atoms with Gasteiger partial charge in [0.1, 0.15) is 5.84 Å². The van der Waals surface area contributed by atoms with Crippen LogP contribution in [0.25, 0.3) is 0 Å². The lowest BCUT2D eigenvalue weighted by Crippen LogP contribution is -2.39. The molecule has 1 aromatic rings. The Morgan fingerprint density at radius 1 is 1.25 bits per heavy atom. The second kappa shape index (κ2) is 5.86. The highest BCUT2D eigenvalue weighted by Gasteiger charge is 2.31. The van der Waals surface area contributed by atoms with Gasteiger partial charge in [0.25, 0.3) is 0 Å². The average molecular weight is 273 g/mol. The minimum atomic E-state index is 0.156. The maximum absolute atomic E-state index is 7.56. The molecular weight excluding hydrogens is 246 g/mol. The molecule has 0 amide bonds. The van der Waals surface area contributed by atoms with E-state index in [-0.39, 0.29) is 5.84 Å². The summed E-state index contributed by atoms with van der Waals surface area (Å²) in [6, 6.07) is 6.25. The van der Waals surface area contributed by atoms with Crippen molar-refractivity contribution >= 4 is 11.5 Å².